The lowest BCUT2D eigenvalue weighted by molar-refractivity contribution is -0.137. The summed E-state index contributed by atoms with van der Waals surface area (Å²) in [5.74, 6) is 0.972. The third kappa shape index (κ3) is 4.31. The van der Waals surface area contributed by atoms with Crippen LogP contribution in [0.1, 0.15) is 23.3 Å². The van der Waals surface area contributed by atoms with Crippen molar-refractivity contribution in [3.63, 3.8) is 0 Å². The third-order valence-corrected chi connectivity index (χ3v) is 6.60. The minimum atomic E-state index is 0.0558. The molecule has 0 bridgehead atoms. The van der Waals surface area contributed by atoms with Crippen LogP contribution in [0.25, 0.3) is 0 Å². The zero-order chi connectivity index (χ0) is 19.5. The second-order valence-corrected chi connectivity index (χ2v) is 8.51. The quantitative estimate of drug-likeness (QED) is 0.716. The monoisotopic (exact) mass is 418 g/mol. The van der Waals surface area contributed by atoms with E-state index in [0.29, 0.717) is 24.8 Å². The highest BCUT2D eigenvalue weighted by Gasteiger charge is 2.25. The third-order valence-electron chi connectivity index (χ3n) is 5.37. The molecule has 28 heavy (non-hydrogen) atoms. The fourth-order valence-corrected chi connectivity index (χ4v) is 4.80. The Morgan fingerprint density at radius 2 is 1.75 bits per heavy atom. The summed E-state index contributed by atoms with van der Waals surface area (Å²) in [7, 11) is 0. The van der Waals surface area contributed by atoms with Crippen molar-refractivity contribution in [3.05, 3.63) is 45.2 Å². The Morgan fingerprint density at radius 1 is 1.00 bits per heavy atom. The van der Waals surface area contributed by atoms with E-state index in [2.05, 4.69) is 21.3 Å². The zero-order valence-electron chi connectivity index (χ0n) is 15.6. The van der Waals surface area contributed by atoms with Crippen molar-refractivity contribution in [1.82, 2.24) is 14.8 Å². The lowest BCUT2D eigenvalue weighted by atomic mass is 10.1. The number of rotatable bonds is 4. The first-order valence-electron chi connectivity index (χ1n) is 9.58. The predicted molar refractivity (Wildman–Crippen MR) is 111 cm³/mol. The molecule has 0 atom stereocenters. The molecule has 0 radical (unpaired) electrons. The first kappa shape index (κ1) is 19.2. The Labute approximate surface area is 173 Å². The molecule has 4 heterocycles. The maximum atomic E-state index is 12.5. The number of thiophene rings is 1. The van der Waals surface area contributed by atoms with Crippen LogP contribution in [0.5, 0.6) is 0 Å². The van der Waals surface area contributed by atoms with Gasteiger partial charge < -0.3 is 14.7 Å². The number of piperazine rings is 1. The van der Waals surface area contributed by atoms with Crippen molar-refractivity contribution in [3.8, 4) is 0 Å². The Balaban J connectivity index is 1.23. The molecule has 8 heteroatoms. The average Bonchev–Trinajstić information content (AvgIpc) is 3.20. The maximum Gasteiger partial charge on any atom is 0.223 e. The fraction of sp³-hybridized carbons (Fsp3) is 0.450. The van der Waals surface area contributed by atoms with Crippen LogP contribution in [0.3, 0.4) is 0 Å². The Bertz CT molecular complexity index is 863. The van der Waals surface area contributed by atoms with Gasteiger partial charge in [0.15, 0.2) is 0 Å². The largest absolute Gasteiger partial charge is 0.353 e. The van der Waals surface area contributed by atoms with Crippen LogP contribution in [-0.4, -0.2) is 59.3 Å². The molecule has 6 nitrogen and oxygen atoms in total. The summed E-state index contributed by atoms with van der Waals surface area (Å²) >= 11 is 7.72. The van der Waals surface area contributed by atoms with Crippen LogP contribution in [0, 0.1) is 0 Å². The fourth-order valence-electron chi connectivity index (χ4n) is 3.75. The lowest BCUT2D eigenvalue weighted by Crippen LogP contribution is -2.49. The normalized spacial score (nSPS) is 16.8. The molecule has 1 fully saturated rings. The van der Waals surface area contributed by atoms with Crippen molar-refractivity contribution in [1.29, 1.82) is 0 Å². The molecule has 2 amide bonds. The second-order valence-electron chi connectivity index (χ2n) is 7.12. The number of carbonyl (C=O) groups excluding carboxylic acids is 2. The van der Waals surface area contributed by atoms with Gasteiger partial charge in [0.05, 0.1) is 0 Å². The highest BCUT2D eigenvalue weighted by molar-refractivity contribution is 7.10. The lowest BCUT2D eigenvalue weighted by Gasteiger charge is -2.35. The molecule has 0 aliphatic carbocycles. The number of pyridine rings is 1. The average molecular weight is 419 g/mol. The van der Waals surface area contributed by atoms with Crippen molar-refractivity contribution < 1.29 is 9.59 Å². The summed E-state index contributed by atoms with van der Waals surface area (Å²) < 4.78 is 0. The van der Waals surface area contributed by atoms with E-state index < -0.39 is 0 Å². The Hall–Kier alpha value is -2.12. The molecule has 2 aliphatic rings. The number of carbonyl (C=O) groups is 2. The van der Waals surface area contributed by atoms with Crippen molar-refractivity contribution in [2.45, 2.75) is 25.8 Å². The SMILES string of the molecule is O=C(CCC(=O)N1CCc2sccc2C1)N1CCN(c2cccc(Cl)n2)CC1. The molecular formula is C20H23ClN4O2S. The minimum Gasteiger partial charge on any atom is -0.353 e. The highest BCUT2D eigenvalue weighted by Crippen LogP contribution is 2.24. The molecule has 2 aliphatic heterocycles. The molecule has 0 saturated carbocycles. The molecule has 0 spiro atoms. The van der Waals surface area contributed by atoms with Crippen molar-refractivity contribution >= 4 is 40.6 Å². The molecule has 2 aromatic heterocycles. The number of hydrogen-bond acceptors (Lipinski definition) is 5. The molecule has 4 rings (SSSR count). The molecule has 148 valence electrons. The Kier molecular flexibility index (Phi) is 5.82. The Morgan fingerprint density at radius 3 is 2.50 bits per heavy atom. The summed E-state index contributed by atoms with van der Waals surface area (Å²) in [5, 5.41) is 2.56. The van der Waals surface area contributed by atoms with Gasteiger partial charge in [-0.25, -0.2) is 4.98 Å². The van der Waals surface area contributed by atoms with Gasteiger partial charge in [-0.3, -0.25) is 9.59 Å². The molecule has 0 unspecified atom stereocenters. The van der Waals surface area contributed by atoms with Gasteiger partial charge in [-0.1, -0.05) is 17.7 Å². The minimum absolute atomic E-state index is 0.0558. The summed E-state index contributed by atoms with van der Waals surface area (Å²) in [5.41, 5.74) is 1.25. The predicted octanol–water partition coefficient (Wildman–Crippen LogP) is 2.81. The number of hydrogen-bond donors (Lipinski definition) is 0. The van der Waals surface area contributed by atoms with Crippen LogP contribution < -0.4 is 4.90 Å². The van der Waals surface area contributed by atoms with E-state index in [1.807, 2.05) is 21.9 Å². The topological polar surface area (TPSA) is 56.8 Å². The molecule has 0 N–H and O–H groups in total. The van der Waals surface area contributed by atoms with E-state index >= 15 is 0 Å². The van der Waals surface area contributed by atoms with Crippen LogP contribution in [0.15, 0.2) is 29.6 Å². The van der Waals surface area contributed by atoms with Gasteiger partial charge in [0.1, 0.15) is 11.0 Å². The molecule has 2 aromatic rings. The van der Waals surface area contributed by atoms with Gasteiger partial charge in [-0.2, -0.15) is 0 Å². The molecule has 1 saturated heterocycles. The summed E-state index contributed by atoms with van der Waals surface area (Å²) in [6, 6.07) is 7.66. The number of fused-ring (bicyclic) bond motifs is 1. The van der Waals surface area contributed by atoms with Gasteiger partial charge in [0.25, 0.3) is 0 Å². The molecule has 0 aromatic carbocycles. The summed E-state index contributed by atoms with van der Waals surface area (Å²) in [6.07, 6.45) is 1.49. The van der Waals surface area contributed by atoms with E-state index in [4.69, 9.17) is 11.6 Å². The van der Waals surface area contributed by atoms with Gasteiger partial charge in [0.2, 0.25) is 11.8 Å². The van der Waals surface area contributed by atoms with E-state index in [-0.39, 0.29) is 24.7 Å². The standard InChI is InChI=1S/C20H23ClN4O2S/c21-17-2-1-3-18(22-17)23-9-11-24(12-10-23)19(26)4-5-20(27)25-8-6-16-15(14-25)7-13-28-16/h1-3,7,13H,4-6,8-12,14H2. The van der Waals surface area contributed by atoms with Crippen LogP contribution in [-0.2, 0) is 22.6 Å². The summed E-state index contributed by atoms with van der Waals surface area (Å²) in [4.78, 5) is 36.6. The van der Waals surface area contributed by atoms with E-state index in [1.165, 1.54) is 10.4 Å². The number of amides is 2. The van der Waals surface area contributed by atoms with Crippen LogP contribution in [0.2, 0.25) is 5.15 Å². The van der Waals surface area contributed by atoms with E-state index in [9.17, 15) is 9.59 Å². The maximum absolute atomic E-state index is 12.5. The molecular weight excluding hydrogens is 396 g/mol. The second kappa shape index (κ2) is 8.49. The van der Waals surface area contributed by atoms with Gasteiger partial charge in [-0.15, -0.1) is 11.3 Å². The van der Waals surface area contributed by atoms with E-state index in [0.717, 1.165) is 31.9 Å². The first-order chi connectivity index (χ1) is 13.6. The van der Waals surface area contributed by atoms with Crippen LogP contribution >= 0.6 is 22.9 Å². The first-order valence-corrected chi connectivity index (χ1v) is 10.8. The van der Waals surface area contributed by atoms with Gasteiger partial charge in [0, 0.05) is 57.0 Å². The van der Waals surface area contributed by atoms with Crippen molar-refractivity contribution in [2.75, 3.05) is 37.6 Å². The smallest absolute Gasteiger partial charge is 0.223 e. The number of anilines is 1. The highest BCUT2D eigenvalue weighted by atomic mass is 35.5. The van der Waals surface area contributed by atoms with Crippen LogP contribution in [0.4, 0.5) is 5.82 Å². The van der Waals surface area contributed by atoms with Crippen molar-refractivity contribution in [2.24, 2.45) is 0 Å². The van der Waals surface area contributed by atoms with Gasteiger partial charge in [-0.05, 0) is 35.6 Å². The number of halogens is 1. The zero-order valence-corrected chi connectivity index (χ0v) is 17.2. The van der Waals surface area contributed by atoms with E-state index in [1.54, 1.807) is 17.4 Å². The number of nitrogens with zero attached hydrogens (tertiary/aromatic N) is 4. The summed E-state index contributed by atoms with van der Waals surface area (Å²) in [6.45, 7) is 4.16. The van der Waals surface area contributed by atoms with Gasteiger partial charge >= 0.3 is 0 Å². The number of aromatic nitrogens is 1.